The smallest absolute Gasteiger partial charge is 0.227 e. The molecule has 2 nitrogen and oxygen atoms in total. The van der Waals surface area contributed by atoms with E-state index in [1.54, 1.807) is 0 Å². The number of aryl methyl sites for hydroxylation is 1. The Morgan fingerprint density at radius 2 is 1.78 bits per heavy atom. The molecule has 0 fully saturated rings. The number of rotatable bonds is 2. The van der Waals surface area contributed by atoms with Crippen molar-refractivity contribution in [3.05, 3.63) is 65.7 Å². The fourth-order valence-electron chi connectivity index (χ4n) is 3.05. The summed E-state index contributed by atoms with van der Waals surface area (Å²) >= 11 is 0. The molecule has 0 amide bonds. The van der Waals surface area contributed by atoms with Gasteiger partial charge in [0.2, 0.25) is 5.89 Å². The maximum atomic E-state index is 5.98. The fraction of sp³-hybridized carbons (Fsp3) is 0.190. The van der Waals surface area contributed by atoms with E-state index in [0.717, 1.165) is 16.7 Å². The number of hydrogen-bond donors (Lipinski definition) is 0. The molecule has 0 radical (unpaired) electrons. The highest BCUT2D eigenvalue weighted by atomic mass is 16.3. The van der Waals surface area contributed by atoms with Gasteiger partial charge in [0.15, 0.2) is 5.58 Å². The van der Waals surface area contributed by atoms with E-state index in [1.807, 2.05) is 6.07 Å². The molecule has 3 aromatic carbocycles. The Kier molecular flexibility index (Phi) is 3.19. The molecule has 2 heteroatoms. The monoisotopic (exact) mass is 301 g/mol. The zero-order valence-corrected chi connectivity index (χ0v) is 13.6. The highest BCUT2D eigenvalue weighted by Gasteiger charge is 2.11. The summed E-state index contributed by atoms with van der Waals surface area (Å²) in [5.74, 6) is 1.18. The number of oxazole rings is 1. The van der Waals surface area contributed by atoms with E-state index in [4.69, 9.17) is 9.40 Å². The van der Waals surface area contributed by atoms with Crippen LogP contribution >= 0.6 is 0 Å². The van der Waals surface area contributed by atoms with Gasteiger partial charge < -0.3 is 4.42 Å². The summed E-state index contributed by atoms with van der Waals surface area (Å²) in [6.45, 7) is 6.51. The van der Waals surface area contributed by atoms with Gasteiger partial charge in [0.05, 0.1) is 0 Å². The molecule has 0 bridgehead atoms. The maximum absolute atomic E-state index is 5.98. The average Bonchev–Trinajstić information content (AvgIpc) is 2.98. The molecule has 114 valence electrons. The summed E-state index contributed by atoms with van der Waals surface area (Å²) in [4.78, 5) is 4.71. The van der Waals surface area contributed by atoms with Crippen LogP contribution in [-0.4, -0.2) is 4.98 Å². The van der Waals surface area contributed by atoms with Crippen LogP contribution in [-0.2, 0) is 0 Å². The third-order valence-electron chi connectivity index (χ3n) is 4.39. The van der Waals surface area contributed by atoms with E-state index >= 15 is 0 Å². The fourth-order valence-corrected chi connectivity index (χ4v) is 3.05. The highest BCUT2D eigenvalue weighted by molar-refractivity contribution is 5.90. The van der Waals surface area contributed by atoms with Crippen molar-refractivity contribution in [2.75, 3.05) is 0 Å². The van der Waals surface area contributed by atoms with Crippen LogP contribution in [0.15, 0.2) is 59.0 Å². The molecule has 1 heterocycles. The maximum Gasteiger partial charge on any atom is 0.227 e. The second-order valence-electron chi connectivity index (χ2n) is 6.42. The molecule has 4 aromatic rings. The molecule has 0 saturated heterocycles. The molecule has 4 rings (SSSR count). The van der Waals surface area contributed by atoms with Gasteiger partial charge in [0, 0.05) is 5.56 Å². The first kappa shape index (κ1) is 14.0. The van der Waals surface area contributed by atoms with Gasteiger partial charge in [0.25, 0.3) is 0 Å². The lowest BCUT2D eigenvalue weighted by Gasteiger charge is -2.04. The van der Waals surface area contributed by atoms with Crippen LogP contribution in [0.4, 0.5) is 0 Å². The molecule has 0 aliphatic carbocycles. The van der Waals surface area contributed by atoms with Crippen molar-refractivity contribution < 1.29 is 4.42 Å². The minimum Gasteiger partial charge on any atom is -0.436 e. The number of nitrogens with zero attached hydrogens (tertiary/aromatic N) is 1. The van der Waals surface area contributed by atoms with Crippen LogP contribution < -0.4 is 0 Å². The normalized spacial score (nSPS) is 11.7. The van der Waals surface area contributed by atoms with E-state index in [0.29, 0.717) is 11.8 Å². The lowest BCUT2D eigenvalue weighted by atomic mass is 10.0. The van der Waals surface area contributed by atoms with Gasteiger partial charge in [-0.1, -0.05) is 44.2 Å². The molecule has 0 unspecified atom stereocenters. The molecular formula is C21H19NO. The van der Waals surface area contributed by atoms with Crippen LogP contribution in [0.5, 0.6) is 0 Å². The standard InChI is InChI=1S/C21H19NO/c1-13(2)15-8-9-20-19(12-15)22-21(23-20)17-10-14(3)18-7-5-4-6-16(18)11-17/h4-13H,1-3H3. The van der Waals surface area contributed by atoms with Crippen molar-refractivity contribution in [2.24, 2.45) is 0 Å². The molecule has 1 aromatic heterocycles. The zero-order valence-electron chi connectivity index (χ0n) is 13.6. The molecule has 0 atom stereocenters. The third-order valence-corrected chi connectivity index (χ3v) is 4.39. The van der Waals surface area contributed by atoms with E-state index < -0.39 is 0 Å². The Morgan fingerprint density at radius 1 is 0.957 bits per heavy atom. The SMILES string of the molecule is Cc1cc(-c2nc3cc(C(C)C)ccc3o2)cc2ccccc12. The number of benzene rings is 3. The predicted octanol–water partition coefficient (Wildman–Crippen LogP) is 6.08. The number of aromatic nitrogens is 1. The quantitative estimate of drug-likeness (QED) is 0.448. The van der Waals surface area contributed by atoms with Crippen molar-refractivity contribution in [1.82, 2.24) is 4.98 Å². The Labute approximate surface area is 135 Å². The molecule has 0 aliphatic rings. The molecular weight excluding hydrogens is 282 g/mol. The molecule has 0 aliphatic heterocycles. The van der Waals surface area contributed by atoms with Gasteiger partial charge in [-0.05, 0) is 59.0 Å². The van der Waals surface area contributed by atoms with Gasteiger partial charge in [-0.2, -0.15) is 0 Å². The molecule has 0 N–H and O–H groups in total. The molecule has 0 spiro atoms. The Hall–Kier alpha value is -2.61. The minimum absolute atomic E-state index is 0.488. The van der Waals surface area contributed by atoms with E-state index in [2.05, 4.69) is 69.3 Å². The minimum atomic E-state index is 0.488. The summed E-state index contributed by atoms with van der Waals surface area (Å²) in [5.41, 5.74) is 5.32. The largest absolute Gasteiger partial charge is 0.436 e. The number of fused-ring (bicyclic) bond motifs is 2. The van der Waals surface area contributed by atoms with Crippen molar-refractivity contribution in [1.29, 1.82) is 0 Å². The lowest BCUT2D eigenvalue weighted by Crippen LogP contribution is -1.86. The van der Waals surface area contributed by atoms with Gasteiger partial charge in [-0.25, -0.2) is 4.98 Å². The first-order chi connectivity index (χ1) is 11.1. The van der Waals surface area contributed by atoms with Crippen molar-refractivity contribution >= 4 is 21.9 Å². The van der Waals surface area contributed by atoms with E-state index in [-0.39, 0.29) is 0 Å². The molecule has 0 saturated carbocycles. The van der Waals surface area contributed by atoms with Crippen molar-refractivity contribution in [3.63, 3.8) is 0 Å². The van der Waals surface area contributed by atoms with Gasteiger partial charge in [0.1, 0.15) is 5.52 Å². The second kappa shape index (κ2) is 5.24. The second-order valence-corrected chi connectivity index (χ2v) is 6.42. The van der Waals surface area contributed by atoms with Crippen LogP contribution in [0.25, 0.3) is 33.3 Å². The summed E-state index contributed by atoms with van der Waals surface area (Å²) in [7, 11) is 0. The van der Waals surface area contributed by atoms with E-state index in [9.17, 15) is 0 Å². The summed E-state index contributed by atoms with van der Waals surface area (Å²) in [6, 6.07) is 19.0. The molecule has 23 heavy (non-hydrogen) atoms. The topological polar surface area (TPSA) is 26.0 Å². The van der Waals surface area contributed by atoms with Crippen LogP contribution in [0.3, 0.4) is 0 Å². The Morgan fingerprint density at radius 3 is 2.61 bits per heavy atom. The Bertz CT molecular complexity index is 1010. The van der Waals surface area contributed by atoms with E-state index in [1.165, 1.54) is 21.9 Å². The Balaban J connectivity index is 1.88. The summed E-state index contributed by atoms with van der Waals surface area (Å²) in [6.07, 6.45) is 0. The van der Waals surface area contributed by atoms with Crippen LogP contribution in [0.2, 0.25) is 0 Å². The summed E-state index contributed by atoms with van der Waals surface area (Å²) < 4.78 is 5.98. The van der Waals surface area contributed by atoms with Crippen molar-refractivity contribution in [2.45, 2.75) is 26.7 Å². The highest BCUT2D eigenvalue weighted by Crippen LogP contribution is 2.30. The lowest BCUT2D eigenvalue weighted by molar-refractivity contribution is 0.620. The van der Waals surface area contributed by atoms with Crippen molar-refractivity contribution in [3.8, 4) is 11.5 Å². The zero-order chi connectivity index (χ0) is 16.0. The first-order valence-corrected chi connectivity index (χ1v) is 8.02. The third kappa shape index (κ3) is 2.40. The first-order valence-electron chi connectivity index (χ1n) is 8.02. The van der Waals surface area contributed by atoms with Crippen LogP contribution in [0, 0.1) is 6.92 Å². The average molecular weight is 301 g/mol. The van der Waals surface area contributed by atoms with Crippen LogP contribution in [0.1, 0.15) is 30.9 Å². The van der Waals surface area contributed by atoms with Gasteiger partial charge in [-0.3, -0.25) is 0 Å². The summed E-state index contributed by atoms with van der Waals surface area (Å²) in [5, 5.41) is 2.49. The van der Waals surface area contributed by atoms with Gasteiger partial charge in [-0.15, -0.1) is 0 Å². The van der Waals surface area contributed by atoms with Gasteiger partial charge >= 0.3 is 0 Å². The number of hydrogen-bond acceptors (Lipinski definition) is 2. The predicted molar refractivity (Wildman–Crippen MR) is 95.8 cm³/mol.